The van der Waals surface area contributed by atoms with E-state index in [1.165, 1.54) is 13.2 Å². The molecule has 0 bridgehead atoms. The predicted molar refractivity (Wildman–Crippen MR) is 114 cm³/mol. The SMILES string of the molecule is CON=CN1CCOCC1C1CN=Cc2c(cc(Cl)cc2-c2ccccc2F)N1. The summed E-state index contributed by atoms with van der Waals surface area (Å²) < 4.78 is 20.2. The molecule has 2 atom stereocenters. The van der Waals surface area contributed by atoms with Gasteiger partial charge in [0.25, 0.3) is 0 Å². The van der Waals surface area contributed by atoms with E-state index in [2.05, 4.69) is 20.4 Å². The molecule has 2 heterocycles. The smallest absolute Gasteiger partial charge is 0.131 e. The summed E-state index contributed by atoms with van der Waals surface area (Å²) in [6.07, 6.45) is 3.48. The van der Waals surface area contributed by atoms with Gasteiger partial charge in [-0.05, 0) is 23.8 Å². The molecular weight excluding hydrogens is 395 g/mol. The summed E-state index contributed by atoms with van der Waals surface area (Å²) in [5, 5.41) is 7.98. The standard InChI is InChI=1S/C21H22ClFN4O2/c1-28-25-13-27-6-7-29-12-21(27)20-11-24-10-17-16(8-14(22)9-19(17)26-20)15-4-2-3-5-18(15)23/h2-5,8-10,13,20-21,26H,6-7,11-12H2,1H3. The number of oxime groups is 1. The van der Waals surface area contributed by atoms with Crippen molar-refractivity contribution in [3.63, 3.8) is 0 Å². The Labute approximate surface area is 174 Å². The minimum absolute atomic E-state index is 0.0154. The number of ether oxygens (including phenoxy) is 1. The van der Waals surface area contributed by atoms with E-state index in [0.717, 1.165) is 11.3 Å². The topological polar surface area (TPSA) is 58.5 Å². The summed E-state index contributed by atoms with van der Waals surface area (Å²) in [6, 6.07) is 10.3. The number of halogens is 2. The highest BCUT2D eigenvalue weighted by Crippen LogP contribution is 2.35. The van der Waals surface area contributed by atoms with Crippen molar-refractivity contribution in [1.29, 1.82) is 0 Å². The van der Waals surface area contributed by atoms with E-state index in [4.69, 9.17) is 21.2 Å². The average Bonchev–Trinajstić information content (AvgIpc) is 2.94. The second-order valence-corrected chi connectivity index (χ2v) is 7.36. The zero-order valence-corrected chi connectivity index (χ0v) is 16.8. The Hall–Kier alpha value is -2.64. The Morgan fingerprint density at radius 2 is 2.21 bits per heavy atom. The van der Waals surface area contributed by atoms with Gasteiger partial charge in [0.2, 0.25) is 0 Å². The molecule has 0 saturated carbocycles. The zero-order chi connectivity index (χ0) is 20.2. The fourth-order valence-corrected chi connectivity index (χ4v) is 3.95. The number of fused-ring (bicyclic) bond motifs is 1. The first-order chi connectivity index (χ1) is 14.2. The van der Waals surface area contributed by atoms with Crippen LogP contribution in [0.3, 0.4) is 0 Å². The van der Waals surface area contributed by atoms with Crippen molar-refractivity contribution in [3.8, 4) is 11.1 Å². The van der Waals surface area contributed by atoms with Gasteiger partial charge in [0.15, 0.2) is 0 Å². The molecule has 1 N–H and O–H groups in total. The second-order valence-electron chi connectivity index (χ2n) is 6.92. The zero-order valence-electron chi connectivity index (χ0n) is 16.0. The van der Waals surface area contributed by atoms with Crippen LogP contribution in [-0.2, 0) is 9.57 Å². The maximum Gasteiger partial charge on any atom is 0.131 e. The van der Waals surface area contributed by atoms with Crippen LogP contribution in [-0.4, -0.2) is 62.9 Å². The van der Waals surface area contributed by atoms with E-state index >= 15 is 0 Å². The van der Waals surface area contributed by atoms with Crippen LogP contribution < -0.4 is 5.32 Å². The summed E-state index contributed by atoms with van der Waals surface area (Å²) in [5.74, 6) is -0.297. The number of nitrogens with zero attached hydrogens (tertiary/aromatic N) is 3. The fraction of sp³-hybridized carbons (Fsp3) is 0.333. The molecule has 1 fully saturated rings. The van der Waals surface area contributed by atoms with Crippen LogP contribution in [0.2, 0.25) is 5.02 Å². The van der Waals surface area contributed by atoms with Gasteiger partial charge < -0.3 is 19.8 Å². The highest BCUT2D eigenvalue weighted by Gasteiger charge is 2.31. The van der Waals surface area contributed by atoms with E-state index in [1.807, 2.05) is 12.1 Å². The van der Waals surface area contributed by atoms with Crippen molar-refractivity contribution in [1.82, 2.24) is 4.90 Å². The van der Waals surface area contributed by atoms with Gasteiger partial charge in [0, 0.05) is 34.6 Å². The van der Waals surface area contributed by atoms with Crippen LogP contribution in [0.15, 0.2) is 46.5 Å². The van der Waals surface area contributed by atoms with E-state index in [-0.39, 0.29) is 17.9 Å². The molecule has 2 unspecified atom stereocenters. The lowest BCUT2D eigenvalue weighted by atomic mass is 9.97. The van der Waals surface area contributed by atoms with Gasteiger partial charge in [-0.1, -0.05) is 35.0 Å². The molecule has 0 aliphatic carbocycles. The molecule has 0 radical (unpaired) electrons. The molecule has 152 valence electrons. The quantitative estimate of drug-likeness (QED) is 0.469. The number of rotatable bonds is 4. The first-order valence-electron chi connectivity index (χ1n) is 9.42. The molecule has 4 rings (SSSR count). The predicted octanol–water partition coefficient (Wildman–Crippen LogP) is 3.65. The van der Waals surface area contributed by atoms with Crippen molar-refractivity contribution in [2.75, 3.05) is 38.7 Å². The van der Waals surface area contributed by atoms with Gasteiger partial charge in [0.05, 0.1) is 31.8 Å². The molecule has 6 nitrogen and oxygen atoms in total. The Kier molecular flexibility index (Phi) is 5.97. The van der Waals surface area contributed by atoms with Gasteiger partial charge in [-0.2, -0.15) is 0 Å². The summed E-state index contributed by atoms with van der Waals surface area (Å²) in [4.78, 5) is 11.5. The summed E-state index contributed by atoms with van der Waals surface area (Å²) in [5.41, 5.74) is 2.83. The molecule has 2 aliphatic heterocycles. The van der Waals surface area contributed by atoms with Crippen molar-refractivity contribution in [3.05, 3.63) is 52.8 Å². The lowest BCUT2D eigenvalue weighted by molar-refractivity contribution is 0.0212. The van der Waals surface area contributed by atoms with Crippen LogP contribution in [0.1, 0.15) is 5.56 Å². The molecule has 1 saturated heterocycles. The lowest BCUT2D eigenvalue weighted by Gasteiger charge is -2.38. The molecule has 0 aromatic heterocycles. The first kappa shape index (κ1) is 19.7. The minimum Gasteiger partial charge on any atom is -0.398 e. The van der Waals surface area contributed by atoms with Crippen LogP contribution in [0, 0.1) is 5.82 Å². The van der Waals surface area contributed by atoms with Gasteiger partial charge in [-0.15, -0.1) is 0 Å². The summed E-state index contributed by atoms with van der Waals surface area (Å²) in [7, 11) is 1.52. The first-order valence-corrected chi connectivity index (χ1v) is 9.80. The van der Waals surface area contributed by atoms with Crippen molar-refractivity contribution in [2.45, 2.75) is 12.1 Å². The number of hydrogen-bond acceptors (Lipinski definition) is 5. The third kappa shape index (κ3) is 4.21. The monoisotopic (exact) mass is 416 g/mol. The molecule has 0 spiro atoms. The number of morpholine rings is 1. The van der Waals surface area contributed by atoms with E-state index in [0.29, 0.717) is 42.5 Å². The summed E-state index contributed by atoms with van der Waals surface area (Å²) in [6.45, 7) is 2.41. The van der Waals surface area contributed by atoms with Crippen molar-refractivity contribution >= 4 is 29.8 Å². The van der Waals surface area contributed by atoms with Gasteiger partial charge in [0.1, 0.15) is 19.3 Å². The van der Waals surface area contributed by atoms with Crippen LogP contribution in [0.4, 0.5) is 10.1 Å². The maximum atomic E-state index is 14.5. The second kappa shape index (κ2) is 8.80. The number of benzene rings is 2. The van der Waals surface area contributed by atoms with Gasteiger partial charge in [-0.3, -0.25) is 4.99 Å². The highest BCUT2D eigenvalue weighted by atomic mass is 35.5. The van der Waals surface area contributed by atoms with Gasteiger partial charge >= 0.3 is 0 Å². The average molecular weight is 417 g/mol. The number of hydrogen-bond donors (Lipinski definition) is 1. The van der Waals surface area contributed by atoms with E-state index in [1.54, 1.807) is 30.8 Å². The number of benzodiazepines with no additional fused rings is 1. The van der Waals surface area contributed by atoms with Crippen LogP contribution in [0.5, 0.6) is 0 Å². The van der Waals surface area contributed by atoms with Gasteiger partial charge in [-0.25, -0.2) is 4.39 Å². The Morgan fingerprint density at radius 3 is 3.03 bits per heavy atom. The molecule has 8 heteroatoms. The molecule has 2 aromatic carbocycles. The molecule has 2 aliphatic rings. The highest BCUT2D eigenvalue weighted by molar-refractivity contribution is 6.31. The van der Waals surface area contributed by atoms with Crippen LogP contribution in [0.25, 0.3) is 11.1 Å². The molecule has 2 aromatic rings. The van der Waals surface area contributed by atoms with E-state index in [9.17, 15) is 4.39 Å². The molecular formula is C21H22ClFN4O2. The third-order valence-electron chi connectivity index (χ3n) is 5.15. The number of nitrogens with one attached hydrogen (secondary N) is 1. The Bertz CT molecular complexity index is 937. The molecule has 29 heavy (non-hydrogen) atoms. The van der Waals surface area contributed by atoms with Crippen LogP contribution >= 0.6 is 11.6 Å². The lowest BCUT2D eigenvalue weighted by Crippen LogP contribution is -2.54. The van der Waals surface area contributed by atoms with Crippen molar-refractivity contribution in [2.24, 2.45) is 10.1 Å². The minimum atomic E-state index is -0.297. The molecule has 0 amide bonds. The Balaban J connectivity index is 1.69. The Morgan fingerprint density at radius 1 is 1.34 bits per heavy atom. The normalized spacial score (nSPS) is 21.6. The van der Waals surface area contributed by atoms with Crippen molar-refractivity contribution < 1.29 is 14.0 Å². The summed E-state index contributed by atoms with van der Waals surface area (Å²) >= 11 is 6.39. The third-order valence-corrected chi connectivity index (χ3v) is 5.36. The fourth-order valence-electron chi connectivity index (χ4n) is 3.73. The number of anilines is 1. The maximum absolute atomic E-state index is 14.5. The van der Waals surface area contributed by atoms with E-state index < -0.39 is 0 Å². The number of aliphatic imine (C=N–C) groups is 1. The largest absolute Gasteiger partial charge is 0.398 e.